The fourth-order valence-corrected chi connectivity index (χ4v) is 2.84. The predicted octanol–water partition coefficient (Wildman–Crippen LogP) is 2.32. The van der Waals surface area contributed by atoms with Gasteiger partial charge in [0.25, 0.3) is 0 Å². The second-order valence-corrected chi connectivity index (χ2v) is 5.68. The molecule has 0 spiro atoms. The lowest BCUT2D eigenvalue weighted by Gasteiger charge is -2.32. The number of piperazine rings is 1. The average Bonchev–Trinajstić information content (AvgIpc) is 3.10. The number of likely N-dealkylation sites (N-methyl/N-ethyl adjacent to an activating group) is 1. The molecule has 0 amide bonds. The molecule has 19 heavy (non-hydrogen) atoms. The molecule has 0 saturated carbocycles. The van der Waals surface area contributed by atoms with E-state index in [1.807, 2.05) is 23.6 Å². The second-order valence-electron chi connectivity index (χ2n) is 4.73. The molecule has 100 valence electrons. The highest BCUT2D eigenvalue weighted by molar-refractivity contribution is 7.12. The zero-order valence-electron chi connectivity index (χ0n) is 10.8. The van der Waals surface area contributed by atoms with Crippen molar-refractivity contribution in [2.75, 3.05) is 38.1 Å². The third-order valence-corrected chi connectivity index (χ3v) is 4.24. The van der Waals surface area contributed by atoms with Gasteiger partial charge < -0.3 is 14.2 Å². The highest BCUT2D eigenvalue weighted by Crippen LogP contribution is 2.23. The van der Waals surface area contributed by atoms with Gasteiger partial charge in [-0.2, -0.15) is 0 Å². The molecule has 4 nitrogen and oxygen atoms in total. The zero-order valence-corrected chi connectivity index (χ0v) is 11.7. The molecule has 0 N–H and O–H groups in total. The van der Waals surface area contributed by atoms with E-state index in [9.17, 15) is 4.79 Å². The van der Waals surface area contributed by atoms with Gasteiger partial charge in [-0.15, -0.1) is 11.3 Å². The van der Waals surface area contributed by atoms with E-state index in [2.05, 4.69) is 16.8 Å². The lowest BCUT2D eigenvalue weighted by atomic mass is 10.2. The van der Waals surface area contributed by atoms with E-state index in [0.29, 0.717) is 5.76 Å². The van der Waals surface area contributed by atoms with Gasteiger partial charge in [0.1, 0.15) is 0 Å². The van der Waals surface area contributed by atoms with Crippen LogP contribution in [-0.2, 0) is 0 Å². The van der Waals surface area contributed by atoms with Gasteiger partial charge in [-0.05, 0) is 24.6 Å². The van der Waals surface area contributed by atoms with Gasteiger partial charge in [0.05, 0.1) is 4.88 Å². The smallest absolute Gasteiger partial charge is 0.238 e. The monoisotopic (exact) mass is 276 g/mol. The minimum Gasteiger partial charge on any atom is -0.437 e. The molecular formula is C14H16N2O2S. The molecule has 0 bridgehead atoms. The summed E-state index contributed by atoms with van der Waals surface area (Å²) in [6.07, 6.45) is 0. The number of nitrogens with zero attached hydrogens (tertiary/aromatic N) is 2. The minimum absolute atomic E-state index is 0.0321. The summed E-state index contributed by atoms with van der Waals surface area (Å²) in [5.74, 6) is 1.19. The summed E-state index contributed by atoms with van der Waals surface area (Å²) >= 11 is 1.44. The van der Waals surface area contributed by atoms with Crippen LogP contribution in [0.15, 0.2) is 34.1 Å². The van der Waals surface area contributed by atoms with Crippen molar-refractivity contribution in [1.82, 2.24) is 4.90 Å². The Morgan fingerprint density at radius 1 is 1.21 bits per heavy atom. The summed E-state index contributed by atoms with van der Waals surface area (Å²) in [7, 11) is 2.12. The van der Waals surface area contributed by atoms with Gasteiger partial charge in [-0.1, -0.05) is 6.07 Å². The molecular weight excluding hydrogens is 260 g/mol. The van der Waals surface area contributed by atoms with Crippen molar-refractivity contribution in [3.63, 3.8) is 0 Å². The van der Waals surface area contributed by atoms with E-state index in [1.54, 1.807) is 6.07 Å². The third kappa shape index (κ3) is 2.57. The Hall–Kier alpha value is -1.59. The molecule has 0 radical (unpaired) electrons. The Balaban J connectivity index is 1.74. The van der Waals surface area contributed by atoms with Crippen molar-refractivity contribution < 1.29 is 9.21 Å². The molecule has 1 aliphatic heterocycles. The summed E-state index contributed by atoms with van der Waals surface area (Å²) in [4.78, 5) is 17.3. The summed E-state index contributed by atoms with van der Waals surface area (Å²) in [6.45, 7) is 3.93. The van der Waals surface area contributed by atoms with Crippen LogP contribution >= 0.6 is 11.3 Å². The van der Waals surface area contributed by atoms with Crippen molar-refractivity contribution in [3.05, 3.63) is 40.3 Å². The fraction of sp³-hybridized carbons (Fsp3) is 0.357. The van der Waals surface area contributed by atoms with E-state index in [0.717, 1.165) is 36.9 Å². The number of thiophene rings is 1. The molecule has 1 aliphatic rings. The molecule has 5 heteroatoms. The third-order valence-electron chi connectivity index (χ3n) is 3.38. The van der Waals surface area contributed by atoms with Crippen molar-refractivity contribution in [1.29, 1.82) is 0 Å². The quantitative estimate of drug-likeness (QED) is 0.806. The number of ketones is 1. The highest BCUT2D eigenvalue weighted by atomic mass is 32.1. The van der Waals surface area contributed by atoms with Crippen molar-refractivity contribution >= 4 is 23.0 Å². The normalized spacial score (nSPS) is 16.8. The van der Waals surface area contributed by atoms with Crippen LogP contribution in [0.3, 0.4) is 0 Å². The maximum atomic E-state index is 12.1. The molecule has 3 heterocycles. The van der Waals surface area contributed by atoms with Crippen LogP contribution in [0.25, 0.3) is 0 Å². The van der Waals surface area contributed by atoms with Crippen LogP contribution in [-0.4, -0.2) is 43.9 Å². The average molecular weight is 276 g/mol. The van der Waals surface area contributed by atoms with Crippen molar-refractivity contribution in [3.8, 4) is 0 Å². The Morgan fingerprint density at radius 3 is 2.68 bits per heavy atom. The van der Waals surface area contributed by atoms with E-state index in [4.69, 9.17) is 4.42 Å². The first-order valence-electron chi connectivity index (χ1n) is 6.35. The minimum atomic E-state index is -0.0321. The lowest BCUT2D eigenvalue weighted by molar-refractivity contribution is 0.101. The molecule has 0 unspecified atom stereocenters. The summed E-state index contributed by atoms with van der Waals surface area (Å²) in [5.41, 5.74) is 0. The van der Waals surface area contributed by atoms with Crippen LogP contribution in [0, 0.1) is 0 Å². The molecule has 2 aromatic rings. The summed E-state index contributed by atoms with van der Waals surface area (Å²) in [5, 5.41) is 1.90. The Labute approximate surface area is 116 Å². The van der Waals surface area contributed by atoms with E-state index >= 15 is 0 Å². The van der Waals surface area contributed by atoms with Gasteiger partial charge in [0.15, 0.2) is 11.6 Å². The van der Waals surface area contributed by atoms with E-state index in [-0.39, 0.29) is 5.78 Å². The number of carbonyl (C=O) groups excluding carboxylic acids is 1. The van der Waals surface area contributed by atoms with Crippen LogP contribution in [0.1, 0.15) is 15.4 Å². The number of hydrogen-bond acceptors (Lipinski definition) is 5. The molecule has 0 aromatic carbocycles. The second kappa shape index (κ2) is 5.19. The van der Waals surface area contributed by atoms with Gasteiger partial charge in [0, 0.05) is 32.2 Å². The number of rotatable bonds is 3. The summed E-state index contributed by atoms with van der Waals surface area (Å²) < 4.78 is 5.71. The predicted molar refractivity (Wildman–Crippen MR) is 76.2 cm³/mol. The first-order valence-corrected chi connectivity index (χ1v) is 7.23. The maximum absolute atomic E-state index is 12.1. The molecule has 0 aliphatic carbocycles. The summed E-state index contributed by atoms with van der Waals surface area (Å²) in [6, 6.07) is 7.37. The van der Waals surface area contributed by atoms with Crippen LogP contribution in [0.5, 0.6) is 0 Å². The standard InChI is InChI=1S/C14H16N2O2S/c1-15-6-8-16(9-7-15)13-5-4-11(18-13)14(17)12-3-2-10-19-12/h2-5,10H,6-9H2,1H3. The molecule has 0 atom stereocenters. The number of anilines is 1. The van der Waals surface area contributed by atoms with Crippen LogP contribution < -0.4 is 4.90 Å². The van der Waals surface area contributed by atoms with Gasteiger partial charge in [0.2, 0.25) is 5.78 Å². The highest BCUT2D eigenvalue weighted by Gasteiger charge is 2.20. The number of furan rings is 1. The van der Waals surface area contributed by atoms with Gasteiger partial charge >= 0.3 is 0 Å². The largest absolute Gasteiger partial charge is 0.437 e. The van der Waals surface area contributed by atoms with Gasteiger partial charge in [-0.3, -0.25) is 4.79 Å². The van der Waals surface area contributed by atoms with Crippen LogP contribution in [0.4, 0.5) is 5.88 Å². The first kappa shape index (κ1) is 12.4. The zero-order chi connectivity index (χ0) is 13.2. The maximum Gasteiger partial charge on any atom is 0.238 e. The van der Waals surface area contributed by atoms with E-state index in [1.165, 1.54) is 11.3 Å². The topological polar surface area (TPSA) is 36.7 Å². The Morgan fingerprint density at radius 2 is 2.00 bits per heavy atom. The van der Waals surface area contributed by atoms with Gasteiger partial charge in [-0.25, -0.2) is 0 Å². The number of carbonyl (C=O) groups is 1. The van der Waals surface area contributed by atoms with Crippen molar-refractivity contribution in [2.24, 2.45) is 0 Å². The van der Waals surface area contributed by atoms with Crippen molar-refractivity contribution in [2.45, 2.75) is 0 Å². The SMILES string of the molecule is CN1CCN(c2ccc(C(=O)c3cccs3)o2)CC1. The fourth-order valence-electron chi connectivity index (χ4n) is 2.18. The molecule has 1 saturated heterocycles. The lowest BCUT2D eigenvalue weighted by Crippen LogP contribution is -2.44. The van der Waals surface area contributed by atoms with Crippen LogP contribution in [0.2, 0.25) is 0 Å². The molecule has 2 aromatic heterocycles. The molecule has 1 fully saturated rings. The molecule has 3 rings (SSSR count). The first-order chi connectivity index (χ1) is 9.24. The van der Waals surface area contributed by atoms with E-state index < -0.39 is 0 Å². The number of hydrogen-bond donors (Lipinski definition) is 0. The Kier molecular flexibility index (Phi) is 3.40. The Bertz CT molecular complexity index is 554.